The molecule has 0 aliphatic heterocycles. The zero-order valence-electron chi connectivity index (χ0n) is 9.50. The monoisotopic (exact) mass is 283 g/mol. The molecule has 7 heteroatoms. The standard InChI is InChI=1S/C11H10ClN3O2S/c1-15(6-7-2-3-9(12)18-7)11-13-5-4-8(14-11)10(16)17/h2-5H,6H2,1H3,(H,16,17). The Balaban J connectivity index is 2.15. The van der Waals surface area contributed by atoms with Gasteiger partial charge in [0.2, 0.25) is 5.95 Å². The van der Waals surface area contributed by atoms with Crippen LogP contribution in [0.15, 0.2) is 24.4 Å². The Morgan fingerprint density at radius 1 is 1.50 bits per heavy atom. The van der Waals surface area contributed by atoms with E-state index in [0.29, 0.717) is 12.5 Å². The van der Waals surface area contributed by atoms with Gasteiger partial charge in [-0.2, -0.15) is 0 Å². The number of carboxylic acid groups (broad SMARTS) is 1. The van der Waals surface area contributed by atoms with Crippen LogP contribution in [0.2, 0.25) is 4.34 Å². The maximum absolute atomic E-state index is 10.8. The Bertz CT molecular complexity index is 573. The topological polar surface area (TPSA) is 66.3 Å². The minimum absolute atomic E-state index is 0.0175. The average molecular weight is 284 g/mol. The molecule has 0 aliphatic carbocycles. The summed E-state index contributed by atoms with van der Waals surface area (Å²) in [5.74, 6) is -0.689. The molecular weight excluding hydrogens is 274 g/mol. The highest BCUT2D eigenvalue weighted by Gasteiger charge is 2.10. The van der Waals surface area contributed by atoms with Crippen LogP contribution < -0.4 is 4.90 Å². The summed E-state index contributed by atoms with van der Waals surface area (Å²) < 4.78 is 0.721. The quantitative estimate of drug-likeness (QED) is 0.934. The number of halogens is 1. The Morgan fingerprint density at radius 2 is 2.28 bits per heavy atom. The minimum Gasteiger partial charge on any atom is -0.477 e. The fraction of sp³-hybridized carbons (Fsp3) is 0.182. The summed E-state index contributed by atoms with van der Waals surface area (Å²) in [6.07, 6.45) is 1.43. The van der Waals surface area contributed by atoms with Crippen LogP contribution in [0.1, 0.15) is 15.4 Å². The molecule has 0 unspecified atom stereocenters. The van der Waals surface area contributed by atoms with Gasteiger partial charge in [-0.1, -0.05) is 11.6 Å². The smallest absolute Gasteiger partial charge is 0.354 e. The molecule has 0 saturated carbocycles. The predicted molar refractivity (Wildman–Crippen MR) is 70.4 cm³/mol. The maximum atomic E-state index is 10.8. The molecule has 2 aromatic heterocycles. The zero-order chi connectivity index (χ0) is 13.1. The van der Waals surface area contributed by atoms with E-state index in [4.69, 9.17) is 16.7 Å². The lowest BCUT2D eigenvalue weighted by atomic mass is 10.4. The molecule has 1 N–H and O–H groups in total. The van der Waals surface area contributed by atoms with Crippen LogP contribution >= 0.6 is 22.9 Å². The first kappa shape index (κ1) is 12.8. The highest BCUT2D eigenvalue weighted by atomic mass is 35.5. The van der Waals surface area contributed by atoms with E-state index in [9.17, 15) is 4.79 Å². The minimum atomic E-state index is -1.06. The van der Waals surface area contributed by atoms with Crippen LogP contribution in [0, 0.1) is 0 Å². The van der Waals surface area contributed by atoms with Crippen molar-refractivity contribution in [3.8, 4) is 0 Å². The van der Waals surface area contributed by atoms with Crippen LogP contribution in [0.4, 0.5) is 5.95 Å². The van der Waals surface area contributed by atoms with Crippen molar-refractivity contribution in [2.75, 3.05) is 11.9 Å². The SMILES string of the molecule is CN(Cc1ccc(Cl)s1)c1nccc(C(=O)O)n1. The van der Waals surface area contributed by atoms with E-state index in [1.165, 1.54) is 23.6 Å². The number of thiophene rings is 1. The van der Waals surface area contributed by atoms with Gasteiger partial charge in [-0.05, 0) is 18.2 Å². The number of carbonyl (C=O) groups is 1. The fourth-order valence-electron chi connectivity index (χ4n) is 1.39. The van der Waals surface area contributed by atoms with E-state index >= 15 is 0 Å². The second-order valence-electron chi connectivity index (χ2n) is 3.61. The van der Waals surface area contributed by atoms with Gasteiger partial charge in [0.15, 0.2) is 5.69 Å². The van der Waals surface area contributed by atoms with Crippen molar-refractivity contribution in [2.24, 2.45) is 0 Å². The van der Waals surface area contributed by atoms with Crippen LogP contribution in [0.25, 0.3) is 0 Å². The summed E-state index contributed by atoms with van der Waals surface area (Å²) in [5.41, 5.74) is -0.0175. The first-order chi connectivity index (χ1) is 8.56. The summed E-state index contributed by atoms with van der Waals surface area (Å²) in [6, 6.07) is 5.11. The van der Waals surface area contributed by atoms with Crippen LogP contribution in [0.3, 0.4) is 0 Å². The molecule has 0 bridgehead atoms. The van der Waals surface area contributed by atoms with E-state index in [1.54, 1.807) is 11.9 Å². The number of hydrogen-bond donors (Lipinski definition) is 1. The third-order valence-electron chi connectivity index (χ3n) is 2.23. The molecular formula is C11H10ClN3O2S. The third-order valence-corrected chi connectivity index (χ3v) is 3.44. The second-order valence-corrected chi connectivity index (χ2v) is 5.41. The summed E-state index contributed by atoms with van der Waals surface area (Å²) >= 11 is 7.32. The molecule has 0 aliphatic rings. The van der Waals surface area contributed by atoms with E-state index in [1.807, 2.05) is 12.1 Å². The molecule has 18 heavy (non-hydrogen) atoms. The number of aromatic carboxylic acids is 1. The van der Waals surface area contributed by atoms with Crippen molar-refractivity contribution >= 4 is 34.9 Å². The van der Waals surface area contributed by atoms with Crippen molar-refractivity contribution in [1.29, 1.82) is 0 Å². The summed E-state index contributed by atoms with van der Waals surface area (Å²) in [6.45, 7) is 0.584. The second kappa shape index (κ2) is 5.32. The van der Waals surface area contributed by atoms with Gasteiger partial charge < -0.3 is 10.0 Å². The van der Waals surface area contributed by atoms with Crippen molar-refractivity contribution in [1.82, 2.24) is 9.97 Å². The van der Waals surface area contributed by atoms with Gasteiger partial charge in [0.05, 0.1) is 10.9 Å². The van der Waals surface area contributed by atoms with Gasteiger partial charge >= 0.3 is 5.97 Å². The van der Waals surface area contributed by atoms with Gasteiger partial charge in [0.1, 0.15) is 0 Å². The highest BCUT2D eigenvalue weighted by Crippen LogP contribution is 2.23. The van der Waals surface area contributed by atoms with Crippen LogP contribution in [0.5, 0.6) is 0 Å². The van der Waals surface area contributed by atoms with Crippen LogP contribution in [-0.2, 0) is 6.54 Å². The lowest BCUT2D eigenvalue weighted by molar-refractivity contribution is 0.0690. The van der Waals surface area contributed by atoms with Crippen LogP contribution in [-0.4, -0.2) is 28.1 Å². The first-order valence-corrected chi connectivity index (χ1v) is 6.27. The third kappa shape index (κ3) is 2.96. The molecule has 5 nitrogen and oxygen atoms in total. The molecule has 0 amide bonds. The maximum Gasteiger partial charge on any atom is 0.354 e. The van der Waals surface area contributed by atoms with Crippen molar-refractivity contribution in [3.05, 3.63) is 39.3 Å². The van der Waals surface area contributed by atoms with E-state index in [0.717, 1.165) is 9.21 Å². The van der Waals surface area contributed by atoms with Gasteiger partial charge in [-0.25, -0.2) is 14.8 Å². The largest absolute Gasteiger partial charge is 0.477 e. The summed E-state index contributed by atoms with van der Waals surface area (Å²) in [7, 11) is 1.80. The molecule has 2 rings (SSSR count). The molecule has 2 aromatic rings. The van der Waals surface area contributed by atoms with Crippen molar-refractivity contribution in [2.45, 2.75) is 6.54 Å². The Morgan fingerprint density at radius 3 is 2.89 bits per heavy atom. The van der Waals surface area contributed by atoms with Crippen molar-refractivity contribution in [3.63, 3.8) is 0 Å². The van der Waals surface area contributed by atoms with E-state index in [2.05, 4.69) is 9.97 Å². The average Bonchev–Trinajstić information content (AvgIpc) is 2.75. The first-order valence-electron chi connectivity index (χ1n) is 5.08. The molecule has 0 saturated heterocycles. The van der Waals surface area contributed by atoms with E-state index < -0.39 is 5.97 Å². The van der Waals surface area contributed by atoms with Gasteiger partial charge in [0, 0.05) is 18.1 Å². The fourth-order valence-corrected chi connectivity index (χ4v) is 2.53. The molecule has 0 fully saturated rings. The number of carboxylic acids is 1. The summed E-state index contributed by atoms with van der Waals surface area (Å²) in [5, 5.41) is 8.86. The van der Waals surface area contributed by atoms with E-state index in [-0.39, 0.29) is 5.69 Å². The lowest BCUT2D eigenvalue weighted by Crippen LogP contribution is -2.19. The van der Waals surface area contributed by atoms with Gasteiger partial charge in [-0.3, -0.25) is 0 Å². The van der Waals surface area contributed by atoms with Gasteiger partial charge in [-0.15, -0.1) is 11.3 Å². The molecule has 0 atom stereocenters. The Kier molecular flexibility index (Phi) is 3.78. The number of aromatic nitrogens is 2. The van der Waals surface area contributed by atoms with Gasteiger partial charge in [0.25, 0.3) is 0 Å². The number of anilines is 1. The summed E-state index contributed by atoms with van der Waals surface area (Å²) in [4.78, 5) is 21.7. The highest BCUT2D eigenvalue weighted by molar-refractivity contribution is 7.16. The normalized spacial score (nSPS) is 10.3. The molecule has 0 aromatic carbocycles. The molecule has 94 valence electrons. The number of nitrogens with zero attached hydrogens (tertiary/aromatic N) is 3. The predicted octanol–water partition coefficient (Wildman–Crippen LogP) is 2.53. The zero-order valence-corrected chi connectivity index (χ0v) is 11.1. The lowest BCUT2D eigenvalue weighted by Gasteiger charge is -2.15. The van der Waals surface area contributed by atoms with Crippen molar-refractivity contribution < 1.29 is 9.90 Å². The molecule has 0 radical (unpaired) electrons. The number of rotatable bonds is 4. The molecule has 2 heterocycles. The number of hydrogen-bond acceptors (Lipinski definition) is 5. The Hall–Kier alpha value is -1.66. The Labute approximate surface area is 113 Å². The molecule has 0 spiro atoms.